The van der Waals surface area contributed by atoms with Gasteiger partial charge in [0.1, 0.15) is 0 Å². The van der Waals surface area contributed by atoms with Crippen LogP contribution in [-0.4, -0.2) is 51.3 Å². The number of rotatable bonds is 6. The topological polar surface area (TPSA) is 15.7 Å². The van der Waals surface area contributed by atoms with E-state index in [0.717, 1.165) is 31.5 Å². The SMILES string of the molecule is COCC1CC1CN1CCN(c2ccccc2C2CC(C)(C)CC(C)(C)C2)CC1. The van der Waals surface area contributed by atoms with E-state index in [-0.39, 0.29) is 0 Å². The van der Waals surface area contributed by atoms with Crippen LogP contribution in [0.3, 0.4) is 0 Å². The molecular weight excluding hydrogens is 356 g/mol. The van der Waals surface area contributed by atoms with Gasteiger partial charge in [0.05, 0.1) is 0 Å². The van der Waals surface area contributed by atoms with Gasteiger partial charge in [0.2, 0.25) is 0 Å². The van der Waals surface area contributed by atoms with Gasteiger partial charge in [0.25, 0.3) is 0 Å². The summed E-state index contributed by atoms with van der Waals surface area (Å²) in [6.07, 6.45) is 5.33. The van der Waals surface area contributed by atoms with Crippen molar-refractivity contribution in [3.05, 3.63) is 29.8 Å². The van der Waals surface area contributed by atoms with E-state index in [2.05, 4.69) is 61.8 Å². The molecule has 0 amide bonds. The van der Waals surface area contributed by atoms with Crippen LogP contribution in [0.25, 0.3) is 0 Å². The van der Waals surface area contributed by atoms with Gasteiger partial charge in [-0.3, -0.25) is 4.90 Å². The lowest BCUT2D eigenvalue weighted by Crippen LogP contribution is -2.47. The van der Waals surface area contributed by atoms with Crippen molar-refractivity contribution in [2.45, 2.75) is 59.3 Å². The highest BCUT2D eigenvalue weighted by Crippen LogP contribution is 2.53. The normalized spacial score (nSPS) is 29.8. The monoisotopic (exact) mass is 398 g/mol. The van der Waals surface area contributed by atoms with E-state index >= 15 is 0 Å². The molecule has 2 atom stereocenters. The first kappa shape index (κ1) is 21.2. The van der Waals surface area contributed by atoms with Gasteiger partial charge >= 0.3 is 0 Å². The molecule has 2 saturated carbocycles. The molecule has 0 spiro atoms. The lowest BCUT2D eigenvalue weighted by molar-refractivity contribution is 0.0970. The van der Waals surface area contributed by atoms with Crippen molar-refractivity contribution in [3.8, 4) is 0 Å². The average molecular weight is 399 g/mol. The lowest BCUT2D eigenvalue weighted by Gasteiger charge is -2.46. The van der Waals surface area contributed by atoms with Gasteiger partial charge in [-0.05, 0) is 65.9 Å². The Balaban J connectivity index is 1.40. The quantitative estimate of drug-likeness (QED) is 0.637. The zero-order chi connectivity index (χ0) is 20.6. The molecule has 2 unspecified atom stereocenters. The molecule has 3 aliphatic rings. The highest BCUT2D eigenvalue weighted by molar-refractivity contribution is 5.56. The second-order valence-corrected chi connectivity index (χ2v) is 11.7. The van der Waals surface area contributed by atoms with Crippen LogP contribution in [0.4, 0.5) is 5.69 Å². The molecule has 1 heterocycles. The Morgan fingerprint density at radius 1 is 0.931 bits per heavy atom. The summed E-state index contributed by atoms with van der Waals surface area (Å²) in [7, 11) is 1.83. The maximum absolute atomic E-state index is 5.33. The van der Waals surface area contributed by atoms with E-state index in [1.165, 1.54) is 51.0 Å². The minimum absolute atomic E-state index is 0.432. The first-order valence-corrected chi connectivity index (χ1v) is 11.8. The molecule has 2 aliphatic carbocycles. The Morgan fingerprint density at radius 2 is 1.59 bits per heavy atom. The molecule has 1 aliphatic heterocycles. The molecule has 4 rings (SSSR count). The largest absolute Gasteiger partial charge is 0.384 e. The Kier molecular flexibility index (Phi) is 6.01. The highest BCUT2D eigenvalue weighted by atomic mass is 16.5. The molecule has 1 saturated heterocycles. The molecule has 162 valence electrons. The number of piperazine rings is 1. The molecule has 0 radical (unpaired) electrons. The standard InChI is InChI=1S/C26H42N2O/c1-25(2)15-22(16-26(3,4)19-25)23-8-6-7-9-24(23)28-12-10-27(11-13-28)17-20-14-21(20)18-29-5/h6-9,20-22H,10-19H2,1-5H3. The summed E-state index contributed by atoms with van der Waals surface area (Å²) in [5.74, 6) is 2.38. The third kappa shape index (κ3) is 5.17. The molecule has 0 aromatic heterocycles. The summed E-state index contributed by atoms with van der Waals surface area (Å²) in [5.41, 5.74) is 3.97. The average Bonchev–Trinajstić information content (AvgIpc) is 3.37. The van der Waals surface area contributed by atoms with Crippen molar-refractivity contribution in [3.63, 3.8) is 0 Å². The van der Waals surface area contributed by atoms with E-state index in [1.807, 2.05) is 7.11 Å². The molecule has 1 aromatic rings. The van der Waals surface area contributed by atoms with Gasteiger partial charge in [-0.2, -0.15) is 0 Å². The molecule has 29 heavy (non-hydrogen) atoms. The first-order chi connectivity index (χ1) is 13.8. The lowest BCUT2D eigenvalue weighted by atomic mass is 9.60. The fourth-order valence-corrected chi connectivity index (χ4v) is 6.64. The third-order valence-electron chi connectivity index (χ3n) is 7.59. The van der Waals surface area contributed by atoms with Crippen molar-refractivity contribution in [2.75, 3.05) is 51.3 Å². The molecule has 0 N–H and O–H groups in total. The zero-order valence-electron chi connectivity index (χ0n) is 19.4. The van der Waals surface area contributed by atoms with Gasteiger partial charge in [-0.1, -0.05) is 45.9 Å². The van der Waals surface area contributed by atoms with Gasteiger partial charge in [0, 0.05) is 52.1 Å². The van der Waals surface area contributed by atoms with Crippen LogP contribution in [0, 0.1) is 22.7 Å². The Hall–Kier alpha value is -1.06. The van der Waals surface area contributed by atoms with E-state index in [1.54, 1.807) is 5.56 Å². The van der Waals surface area contributed by atoms with Crippen LogP contribution in [0.5, 0.6) is 0 Å². The number of methoxy groups -OCH3 is 1. The summed E-state index contributed by atoms with van der Waals surface area (Å²) < 4.78 is 5.33. The van der Waals surface area contributed by atoms with Gasteiger partial charge < -0.3 is 9.64 Å². The predicted octanol–water partition coefficient (Wildman–Crippen LogP) is 5.41. The molecule has 0 bridgehead atoms. The number of nitrogens with zero attached hydrogens (tertiary/aromatic N) is 2. The minimum Gasteiger partial charge on any atom is -0.384 e. The maximum Gasteiger partial charge on any atom is 0.0493 e. The predicted molar refractivity (Wildman–Crippen MR) is 123 cm³/mol. The second kappa shape index (κ2) is 8.23. The molecule has 1 aromatic carbocycles. The zero-order valence-corrected chi connectivity index (χ0v) is 19.4. The van der Waals surface area contributed by atoms with E-state index in [9.17, 15) is 0 Å². The van der Waals surface area contributed by atoms with Crippen LogP contribution in [0.2, 0.25) is 0 Å². The summed E-state index contributed by atoms with van der Waals surface area (Å²) in [6.45, 7) is 16.8. The number of hydrogen-bond donors (Lipinski definition) is 0. The highest BCUT2D eigenvalue weighted by Gasteiger charge is 2.40. The second-order valence-electron chi connectivity index (χ2n) is 11.7. The van der Waals surface area contributed by atoms with Crippen molar-refractivity contribution < 1.29 is 4.74 Å². The molecule has 3 heteroatoms. The number of benzene rings is 1. The first-order valence-electron chi connectivity index (χ1n) is 11.8. The fraction of sp³-hybridized carbons (Fsp3) is 0.769. The number of para-hydroxylation sites is 1. The number of ether oxygens (including phenoxy) is 1. The van der Waals surface area contributed by atoms with Gasteiger partial charge in [0.15, 0.2) is 0 Å². The molecule has 3 fully saturated rings. The Labute approximate surface area is 178 Å². The summed E-state index contributed by atoms with van der Waals surface area (Å²) in [6, 6.07) is 9.30. The van der Waals surface area contributed by atoms with Crippen molar-refractivity contribution in [1.82, 2.24) is 4.90 Å². The third-order valence-corrected chi connectivity index (χ3v) is 7.59. The van der Waals surface area contributed by atoms with E-state index in [0.29, 0.717) is 16.7 Å². The van der Waals surface area contributed by atoms with Crippen molar-refractivity contribution >= 4 is 5.69 Å². The van der Waals surface area contributed by atoms with Crippen LogP contribution in [0.15, 0.2) is 24.3 Å². The van der Waals surface area contributed by atoms with Crippen LogP contribution >= 0.6 is 0 Å². The smallest absolute Gasteiger partial charge is 0.0493 e. The maximum atomic E-state index is 5.33. The Morgan fingerprint density at radius 3 is 2.24 bits per heavy atom. The molecular formula is C26H42N2O. The number of hydrogen-bond acceptors (Lipinski definition) is 3. The Bertz CT molecular complexity index is 674. The fourth-order valence-electron chi connectivity index (χ4n) is 6.64. The minimum atomic E-state index is 0.432. The van der Waals surface area contributed by atoms with Gasteiger partial charge in [-0.15, -0.1) is 0 Å². The van der Waals surface area contributed by atoms with E-state index < -0.39 is 0 Å². The van der Waals surface area contributed by atoms with Crippen LogP contribution in [-0.2, 0) is 4.74 Å². The summed E-state index contributed by atoms with van der Waals surface area (Å²) >= 11 is 0. The van der Waals surface area contributed by atoms with Crippen LogP contribution < -0.4 is 4.90 Å². The molecule has 3 nitrogen and oxygen atoms in total. The van der Waals surface area contributed by atoms with E-state index in [4.69, 9.17) is 4.74 Å². The van der Waals surface area contributed by atoms with Crippen molar-refractivity contribution in [2.24, 2.45) is 22.7 Å². The van der Waals surface area contributed by atoms with Crippen molar-refractivity contribution in [1.29, 1.82) is 0 Å². The van der Waals surface area contributed by atoms with Gasteiger partial charge in [-0.25, -0.2) is 0 Å². The number of anilines is 1. The van der Waals surface area contributed by atoms with Crippen LogP contribution in [0.1, 0.15) is 64.9 Å². The summed E-state index contributed by atoms with van der Waals surface area (Å²) in [5, 5.41) is 0. The summed E-state index contributed by atoms with van der Waals surface area (Å²) in [4.78, 5) is 5.35.